The molecule has 88 valence electrons. The zero-order valence-corrected chi connectivity index (χ0v) is 11.8. The molecule has 2 rings (SSSR count). The molecule has 0 atom stereocenters. The third kappa shape index (κ3) is 3.24. The fourth-order valence-corrected chi connectivity index (χ4v) is 2.15. The average molecular weight is 311 g/mol. The molecule has 2 aromatic carbocycles. The lowest BCUT2D eigenvalue weighted by Gasteiger charge is -2.09. The van der Waals surface area contributed by atoms with Crippen molar-refractivity contribution >= 4 is 33.2 Å². The van der Waals surface area contributed by atoms with E-state index in [0.29, 0.717) is 0 Å². The van der Waals surface area contributed by atoms with Crippen molar-refractivity contribution in [2.45, 2.75) is 13.5 Å². The van der Waals surface area contributed by atoms with Crippen LogP contribution in [0.2, 0.25) is 5.02 Å². The van der Waals surface area contributed by atoms with Crippen molar-refractivity contribution < 1.29 is 0 Å². The van der Waals surface area contributed by atoms with Gasteiger partial charge in [-0.05, 0) is 36.2 Å². The predicted octanol–water partition coefficient (Wildman–Crippen LogP) is 5.02. The maximum Gasteiger partial charge on any atom is 0.0455 e. The molecule has 0 aliphatic carbocycles. The van der Waals surface area contributed by atoms with Gasteiger partial charge in [-0.1, -0.05) is 51.8 Å². The second kappa shape index (κ2) is 5.56. The molecular weight excluding hydrogens is 298 g/mol. The van der Waals surface area contributed by atoms with Crippen LogP contribution in [0.15, 0.2) is 46.9 Å². The number of hydrogen-bond acceptors (Lipinski definition) is 1. The largest absolute Gasteiger partial charge is 0.381 e. The minimum atomic E-state index is 0.779. The highest BCUT2D eigenvalue weighted by Crippen LogP contribution is 2.22. The molecule has 0 bridgehead atoms. The first-order valence-corrected chi connectivity index (χ1v) is 6.57. The lowest BCUT2D eigenvalue weighted by Crippen LogP contribution is -2.00. The maximum absolute atomic E-state index is 6.08. The number of aryl methyl sites for hydroxylation is 1. The highest BCUT2D eigenvalue weighted by atomic mass is 79.9. The van der Waals surface area contributed by atoms with Gasteiger partial charge in [-0.25, -0.2) is 0 Å². The van der Waals surface area contributed by atoms with Crippen LogP contribution in [-0.2, 0) is 6.54 Å². The van der Waals surface area contributed by atoms with Gasteiger partial charge >= 0.3 is 0 Å². The minimum Gasteiger partial charge on any atom is -0.381 e. The molecule has 0 spiro atoms. The Balaban J connectivity index is 2.08. The van der Waals surface area contributed by atoms with Crippen LogP contribution in [0.4, 0.5) is 5.69 Å². The van der Waals surface area contributed by atoms with Gasteiger partial charge in [-0.15, -0.1) is 0 Å². The van der Waals surface area contributed by atoms with E-state index in [1.54, 1.807) is 0 Å². The molecule has 0 unspecified atom stereocenters. The third-order valence-corrected chi connectivity index (χ3v) is 3.79. The summed E-state index contributed by atoms with van der Waals surface area (Å²) in [6, 6.07) is 14.2. The number of rotatable bonds is 3. The Labute approximate surface area is 115 Å². The van der Waals surface area contributed by atoms with E-state index in [4.69, 9.17) is 11.6 Å². The van der Waals surface area contributed by atoms with E-state index >= 15 is 0 Å². The Kier molecular flexibility index (Phi) is 4.08. The number of hydrogen-bond donors (Lipinski definition) is 1. The molecular formula is C14H13BrClN. The second-order valence-electron chi connectivity index (χ2n) is 3.91. The van der Waals surface area contributed by atoms with Crippen LogP contribution in [0.5, 0.6) is 0 Å². The summed E-state index contributed by atoms with van der Waals surface area (Å²) in [5, 5.41) is 4.15. The Morgan fingerprint density at radius 2 is 1.94 bits per heavy atom. The fraction of sp³-hybridized carbons (Fsp3) is 0.143. The molecule has 0 fully saturated rings. The average Bonchev–Trinajstić information content (AvgIpc) is 2.32. The van der Waals surface area contributed by atoms with Gasteiger partial charge in [0.25, 0.3) is 0 Å². The van der Waals surface area contributed by atoms with Crippen molar-refractivity contribution in [3.8, 4) is 0 Å². The summed E-state index contributed by atoms with van der Waals surface area (Å²) in [5.41, 5.74) is 3.36. The molecule has 0 aromatic heterocycles. The van der Waals surface area contributed by atoms with Gasteiger partial charge in [0.15, 0.2) is 0 Å². The van der Waals surface area contributed by atoms with E-state index in [9.17, 15) is 0 Å². The lowest BCUT2D eigenvalue weighted by atomic mass is 10.2. The summed E-state index contributed by atoms with van der Waals surface area (Å²) >= 11 is 9.61. The first-order valence-electron chi connectivity index (χ1n) is 5.40. The van der Waals surface area contributed by atoms with Crippen molar-refractivity contribution in [1.29, 1.82) is 0 Å². The standard InChI is InChI=1S/C14H13BrClN/c1-10-6-7-12(8-14(10)16)17-9-11-4-2-3-5-13(11)15/h2-8,17H,9H2,1H3. The van der Waals surface area contributed by atoms with Crippen LogP contribution in [0.3, 0.4) is 0 Å². The van der Waals surface area contributed by atoms with Gasteiger partial charge < -0.3 is 5.32 Å². The summed E-state index contributed by atoms with van der Waals surface area (Å²) < 4.78 is 1.12. The van der Waals surface area contributed by atoms with Crippen molar-refractivity contribution in [2.75, 3.05) is 5.32 Å². The van der Waals surface area contributed by atoms with Gasteiger partial charge in [0.2, 0.25) is 0 Å². The van der Waals surface area contributed by atoms with Gasteiger partial charge in [0.05, 0.1) is 0 Å². The number of halogens is 2. The molecule has 0 amide bonds. The minimum absolute atomic E-state index is 0.779. The predicted molar refractivity (Wildman–Crippen MR) is 77.7 cm³/mol. The SMILES string of the molecule is Cc1ccc(NCc2ccccc2Br)cc1Cl. The normalized spacial score (nSPS) is 10.3. The number of nitrogens with one attached hydrogen (secondary N) is 1. The molecule has 0 radical (unpaired) electrons. The zero-order chi connectivity index (χ0) is 12.3. The zero-order valence-electron chi connectivity index (χ0n) is 9.50. The first kappa shape index (κ1) is 12.5. The second-order valence-corrected chi connectivity index (χ2v) is 5.17. The lowest BCUT2D eigenvalue weighted by molar-refractivity contribution is 1.14. The summed E-state index contributed by atoms with van der Waals surface area (Å²) in [7, 11) is 0. The van der Waals surface area contributed by atoms with Crippen molar-refractivity contribution in [3.63, 3.8) is 0 Å². The van der Waals surface area contributed by atoms with Crippen molar-refractivity contribution in [2.24, 2.45) is 0 Å². The van der Waals surface area contributed by atoms with Crippen LogP contribution in [0.1, 0.15) is 11.1 Å². The molecule has 0 aliphatic rings. The van der Waals surface area contributed by atoms with Gasteiger partial charge in [0.1, 0.15) is 0 Å². The molecule has 0 saturated carbocycles. The van der Waals surface area contributed by atoms with Crippen LogP contribution in [0, 0.1) is 6.92 Å². The molecule has 0 heterocycles. The number of benzene rings is 2. The molecule has 1 nitrogen and oxygen atoms in total. The van der Waals surface area contributed by atoms with Gasteiger partial charge in [0, 0.05) is 21.7 Å². The Bertz CT molecular complexity index is 525. The van der Waals surface area contributed by atoms with E-state index in [0.717, 1.165) is 27.3 Å². The van der Waals surface area contributed by atoms with Crippen LogP contribution in [-0.4, -0.2) is 0 Å². The fourth-order valence-electron chi connectivity index (χ4n) is 1.54. The first-order chi connectivity index (χ1) is 8.16. The Morgan fingerprint density at radius 1 is 1.18 bits per heavy atom. The van der Waals surface area contributed by atoms with Crippen LogP contribution < -0.4 is 5.32 Å². The summed E-state index contributed by atoms with van der Waals surface area (Å²) in [4.78, 5) is 0. The van der Waals surface area contributed by atoms with E-state index < -0.39 is 0 Å². The molecule has 1 N–H and O–H groups in total. The summed E-state index contributed by atoms with van der Waals surface area (Å²) in [5.74, 6) is 0. The van der Waals surface area contributed by atoms with Crippen molar-refractivity contribution in [1.82, 2.24) is 0 Å². The Hall–Kier alpha value is -0.990. The molecule has 3 heteroatoms. The summed E-state index contributed by atoms with van der Waals surface area (Å²) in [6.07, 6.45) is 0. The molecule has 0 aliphatic heterocycles. The maximum atomic E-state index is 6.08. The van der Waals surface area contributed by atoms with Gasteiger partial charge in [-0.2, -0.15) is 0 Å². The molecule has 17 heavy (non-hydrogen) atoms. The van der Waals surface area contributed by atoms with Crippen LogP contribution in [0.25, 0.3) is 0 Å². The van der Waals surface area contributed by atoms with Crippen LogP contribution >= 0.6 is 27.5 Å². The monoisotopic (exact) mass is 309 g/mol. The van der Waals surface area contributed by atoms with Gasteiger partial charge in [-0.3, -0.25) is 0 Å². The highest BCUT2D eigenvalue weighted by Gasteiger charge is 2.00. The summed E-state index contributed by atoms with van der Waals surface area (Å²) in [6.45, 7) is 2.78. The molecule has 0 saturated heterocycles. The topological polar surface area (TPSA) is 12.0 Å². The third-order valence-electron chi connectivity index (χ3n) is 2.61. The number of anilines is 1. The van der Waals surface area contributed by atoms with E-state index in [1.807, 2.05) is 43.3 Å². The molecule has 2 aromatic rings. The van der Waals surface area contributed by atoms with E-state index in [-0.39, 0.29) is 0 Å². The van der Waals surface area contributed by atoms with E-state index in [1.165, 1.54) is 5.56 Å². The Morgan fingerprint density at radius 3 is 2.65 bits per heavy atom. The highest BCUT2D eigenvalue weighted by molar-refractivity contribution is 9.10. The van der Waals surface area contributed by atoms with Crippen molar-refractivity contribution in [3.05, 3.63) is 63.1 Å². The quantitative estimate of drug-likeness (QED) is 0.839. The smallest absolute Gasteiger partial charge is 0.0455 e. The van der Waals surface area contributed by atoms with E-state index in [2.05, 4.69) is 27.3 Å².